The van der Waals surface area contributed by atoms with Crippen LogP contribution >= 0.6 is 11.8 Å². The second kappa shape index (κ2) is 10.5. The van der Waals surface area contributed by atoms with Crippen molar-refractivity contribution in [2.24, 2.45) is 0 Å². The molecular weight excluding hydrogens is 486 g/mol. The van der Waals surface area contributed by atoms with Gasteiger partial charge in [0.25, 0.3) is 0 Å². The summed E-state index contributed by atoms with van der Waals surface area (Å²) in [5, 5.41) is 0.153. The number of hydrogen-bond acceptors (Lipinski definition) is 8. The highest BCUT2D eigenvalue weighted by molar-refractivity contribution is 7.98. The molecule has 2 aromatic heterocycles. The first-order valence-corrected chi connectivity index (χ1v) is 12.7. The summed E-state index contributed by atoms with van der Waals surface area (Å²) in [5.41, 5.74) is 0.143. The third kappa shape index (κ3) is 5.72. The van der Waals surface area contributed by atoms with Gasteiger partial charge in [-0.3, -0.25) is 4.72 Å². The smallest absolute Gasteiger partial charge is 0.302 e. The number of nitrogens with one attached hydrogen (secondary N) is 1. The summed E-state index contributed by atoms with van der Waals surface area (Å²) in [7, 11) is -2.50. The van der Waals surface area contributed by atoms with E-state index < -0.39 is 21.8 Å². The molecule has 0 atom stereocenters. The van der Waals surface area contributed by atoms with Gasteiger partial charge in [-0.15, -0.1) is 0 Å². The number of aromatic nitrogens is 3. The molecule has 13 heteroatoms. The Balaban J connectivity index is 1.43. The molecule has 0 radical (unpaired) electrons. The number of halogens is 2. The van der Waals surface area contributed by atoms with Gasteiger partial charge in [0, 0.05) is 49.8 Å². The number of thioether (sulfide) groups is 1. The summed E-state index contributed by atoms with van der Waals surface area (Å²) in [6.07, 6.45) is 1.70. The van der Waals surface area contributed by atoms with Crippen LogP contribution in [-0.4, -0.2) is 61.0 Å². The van der Waals surface area contributed by atoms with Crippen LogP contribution in [0.4, 0.5) is 20.4 Å². The maximum Gasteiger partial charge on any atom is 0.302 e. The largest absolute Gasteiger partial charge is 0.481 e. The van der Waals surface area contributed by atoms with Crippen LogP contribution in [0.3, 0.4) is 0 Å². The first-order valence-electron chi connectivity index (χ1n) is 10.3. The topological polar surface area (TPSA) is 101 Å². The van der Waals surface area contributed by atoms with E-state index >= 15 is 0 Å². The van der Waals surface area contributed by atoms with Crippen LogP contribution in [0, 0.1) is 11.6 Å². The Hall–Kier alpha value is -3.03. The van der Waals surface area contributed by atoms with Gasteiger partial charge in [0.1, 0.15) is 11.6 Å². The first-order chi connectivity index (χ1) is 16.4. The SMILES string of the molecule is COc1cc(NS(=O)(=O)N2CCN(c3ccccn3)CC2)nc(SCc2cccc(F)c2F)n1. The van der Waals surface area contributed by atoms with Crippen molar-refractivity contribution in [2.45, 2.75) is 10.9 Å². The minimum Gasteiger partial charge on any atom is -0.481 e. The highest BCUT2D eigenvalue weighted by Gasteiger charge is 2.28. The van der Waals surface area contributed by atoms with Crippen molar-refractivity contribution >= 4 is 33.6 Å². The molecule has 0 amide bonds. The van der Waals surface area contributed by atoms with E-state index in [0.29, 0.717) is 13.1 Å². The maximum absolute atomic E-state index is 13.9. The number of rotatable bonds is 8. The second-order valence-electron chi connectivity index (χ2n) is 7.26. The number of anilines is 2. The average molecular weight is 509 g/mol. The lowest BCUT2D eigenvalue weighted by Gasteiger charge is -2.34. The van der Waals surface area contributed by atoms with Crippen molar-refractivity contribution in [3.05, 3.63) is 65.9 Å². The normalized spacial score (nSPS) is 14.7. The zero-order chi connectivity index (χ0) is 24.1. The van der Waals surface area contributed by atoms with Gasteiger partial charge in [0.05, 0.1) is 7.11 Å². The molecule has 0 saturated carbocycles. The van der Waals surface area contributed by atoms with Crippen LogP contribution < -0.4 is 14.4 Å². The van der Waals surface area contributed by atoms with Gasteiger partial charge in [-0.25, -0.2) is 18.7 Å². The van der Waals surface area contributed by atoms with E-state index in [9.17, 15) is 17.2 Å². The summed E-state index contributed by atoms with van der Waals surface area (Å²) < 4.78 is 62.2. The molecule has 0 spiro atoms. The molecule has 3 aromatic rings. The predicted molar refractivity (Wildman–Crippen MR) is 125 cm³/mol. The number of piperazine rings is 1. The van der Waals surface area contributed by atoms with Crippen LogP contribution in [0.5, 0.6) is 5.88 Å². The van der Waals surface area contributed by atoms with Gasteiger partial charge in [-0.1, -0.05) is 30.0 Å². The molecule has 34 heavy (non-hydrogen) atoms. The van der Waals surface area contributed by atoms with Crippen molar-refractivity contribution in [1.29, 1.82) is 0 Å². The average Bonchev–Trinajstić information content (AvgIpc) is 2.85. The predicted octanol–water partition coefficient (Wildman–Crippen LogP) is 2.93. The maximum atomic E-state index is 13.9. The third-order valence-electron chi connectivity index (χ3n) is 5.06. The Morgan fingerprint density at radius 2 is 1.88 bits per heavy atom. The molecule has 9 nitrogen and oxygen atoms in total. The third-order valence-corrected chi connectivity index (χ3v) is 7.47. The van der Waals surface area contributed by atoms with E-state index in [2.05, 4.69) is 19.7 Å². The van der Waals surface area contributed by atoms with Crippen molar-refractivity contribution in [1.82, 2.24) is 19.3 Å². The van der Waals surface area contributed by atoms with Crippen LogP contribution in [-0.2, 0) is 16.0 Å². The Morgan fingerprint density at radius 3 is 2.59 bits per heavy atom. The van der Waals surface area contributed by atoms with Gasteiger partial charge >= 0.3 is 10.2 Å². The standard InChI is InChI=1S/C21H22F2N6O3S2/c1-32-19-13-17(25-21(26-19)33-14-15-5-4-6-16(22)20(15)23)27-34(30,31)29-11-9-28(10-12-29)18-7-2-3-8-24-18/h2-8,13H,9-12,14H2,1H3,(H,25,26,27). The van der Waals surface area contributed by atoms with Crippen LogP contribution in [0.15, 0.2) is 53.8 Å². The number of methoxy groups -OCH3 is 1. The van der Waals surface area contributed by atoms with Crippen molar-refractivity contribution < 1.29 is 21.9 Å². The van der Waals surface area contributed by atoms with Crippen LogP contribution in [0.25, 0.3) is 0 Å². The Kier molecular flexibility index (Phi) is 7.44. The fourth-order valence-electron chi connectivity index (χ4n) is 3.32. The number of benzene rings is 1. The lowest BCUT2D eigenvalue weighted by molar-refractivity contribution is 0.386. The van der Waals surface area contributed by atoms with Gasteiger partial charge in [0.2, 0.25) is 5.88 Å². The van der Waals surface area contributed by atoms with Crippen LogP contribution in [0.2, 0.25) is 0 Å². The van der Waals surface area contributed by atoms with E-state index in [1.807, 2.05) is 23.1 Å². The molecule has 3 heterocycles. The number of nitrogens with zero attached hydrogens (tertiary/aromatic N) is 5. The molecule has 180 valence electrons. The quantitative estimate of drug-likeness (QED) is 0.366. The number of ether oxygens (including phenoxy) is 1. The molecule has 1 aliphatic heterocycles. The summed E-state index contributed by atoms with van der Waals surface area (Å²) in [6.45, 7) is 1.53. The summed E-state index contributed by atoms with van der Waals surface area (Å²) in [5.74, 6) is -0.885. The lowest BCUT2D eigenvalue weighted by atomic mass is 10.2. The molecular formula is C21H22F2N6O3S2. The van der Waals surface area contributed by atoms with Crippen LogP contribution in [0.1, 0.15) is 5.56 Å². The Bertz CT molecular complexity index is 1240. The molecule has 1 aliphatic rings. The highest BCUT2D eigenvalue weighted by Crippen LogP contribution is 2.26. The van der Waals surface area contributed by atoms with Gasteiger partial charge in [-0.05, 0) is 18.2 Å². The molecule has 1 N–H and O–H groups in total. The fraction of sp³-hybridized carbons (Fsp3) is 0.286. The van der Waals surface area contributed by atoms with E-state index in [-0.39, 0.29) is 41.3 Å². The summed E-state index contributed by atoms with van der Waals surface area (Å²) in [6, 6.07) is 10.8. The summed E-state index contributed by atoms with van der Waals surface area (Å²) in [4.78, 5) is 14.7. The van der Waals surface area contributed by atoms with E-state index in [1.54, 1.807) is 6.20 Å². The van der Waals surface area contributed by atoms with Gasteiger partial charge < -0.3 is 9.64 Å². The van der Waals surface area contributed by atoms with Gasteiger partial charge in [-0.2, -0.15) is 17.7 Å². The van der Waals surface area contributed by atoms with Crippen molar-refractivity contribution in [3.63, 3.8) is 0 Å². The Labute approximate surface area is 200 Å². The second-order valence-corrected chi connectivity index (χ2v) is 9.87. The fourth-order valence-corrected chi connectivity index (χ4v) is 5.29. The Morgan fingerprint density at radius 1 is 1.09 bits per heavy atom. The van der Waals surface area contributed by atoms with E-state index in [0.717, 1.165) is 23.6 Å². The first kappa shape index (κ1) is 24.1. The number of hydrogen-bond donors (Lipinski definition) is 1. The van der Waals surface area contributed by atoms with E-state index in [4.69, 9.17) is 4.74 Å². The van der Waals surface area contributed by atoms with Crippen molar-refractivity contribution in [3.8, 4) is 5.88 Å². The number of pyridine rings is 1. The molecule has 0 bridgehead atoms. The summed E-state index contributed by atoms with van der Waals surface area (Å²) >= 11 is 1.03. The van der Waals surface area contributed by atoms with Gasteiger partial charge in [0.15, 0.2) is 16.8 Å². The molecule has 0 aliphatic carbocycles. The zero-order valence-corrected chi connectivity index (χ0v) is 19.8. The molecule has 1 saturated heterocycles. The van der Waals surface area contributed by atoms with Crippen molar-refractivity contribution in [2.75, 3.05) is 42.9 Å². The van der Waals surface area contributed by atoms with E-state index in [1.165, 1.54) is 29.6 Å². The molecule has 1 fully saturated rings. The minimum absolute atomic E-state index is 0.0150. The molecule has 1 aromatic carbocycles. The molecule has 4 rings (SSSR count). The molecule has 0 unspecified atom stereocenters. The monoisotopic (exact) mass is 508 g/mol. The highest BCUT2D eigenvalue weighted by atomic mass is 32.2. The lowest BCUT2D eigenvalue weighted by Crippen LogP contribution is -2.50. The minimum atomic E-state index is -3.89. The zero-order valence-electron chi connectivity index (χ0n) is 18.2.